The number of aromatic nitrogens is 3. The van der Waals surface area contributed by atoms with Crippen molar-refractivity contribution in [3.63, 3.8) is 0 Å². The summed E-state index contributed by atoms with van der Waals surface area (Å²) in [6.45, 7) is 9.29. The van der Waals surface area contributed by atoms with Crippen molar-refractivity contribution in [2.45, 2.75) is 39.7 Å². The van der Waals surface area contributed by atoms with Crippen molar-refractivity contribution < 1.29 is 0 Å². The van der Waals surface area contributed by atoms with Crippen molar-refractivity contribution in [1.82, 2.24) is 14.8 Å². The lowest BCUT2D eigenvalue weighted by Crippen LogP contribution is -2.14. The van der Waals surface area contributed by atoms with Crippen LogP contribution in [0.25, 0.3) is 0 Å². The van der Waals surface area contributed by atoms with Gasteiger partial charge in [-0.25, -0.2) is 4.98 Å². The van der Waals surface area contributed by atoms with Crippen LogP contribution in [0.4, 0.5) is 0 Å². The lowest BCUT2D eigenvalue weighted by molar-refractivity contribution is 0.530. The molecule has 0 atom stereocenters. The van der Waals surface area contributed by atoms with Gasteiger partial charge in [0.1, 0.15) is 6.33 Å². The zero-order valence-corrected chi connectivity index (χ0v) is 7.63. The second kappa shape index (κ2) is 2.64. The summed E-state index contributed by atoms with van der Waals surface area (Å²) in [6, 6.07) is 0. The van der Waals surface area contributed by atoms with Crippen molar-refractivity contribution in [1.29, 1.82) is 0 Å². The molecule has 0 bridgehead atoms. The van der Waals surface area contributed by atoms with E-state index in [0.717, 1.165) is 12.4 Å². The summed E-state index contributed by atoms with van der Waals surface area (Å²) in [5.41, 5.74) is 0.0699. The minimum absolute atomic E-state index is 0.0699. The van der Waals surface area contributed by atoms with E-state index in [2.05, 4.69) is 37.8 Å². The summed E-state index contributed by atoms with van der Waals surface area (Å²) in [4.78, 5) is 4.21. The predicted molar refractivity (Wildman–Crippen MR) is 44.4 cm³/mol. The molecule has 1 rings (SSSR count). The minimum Gasteiger partial charge on any atom is -0.253 e. The molecule has 62 valence electrons. The van der Waals surface area contributed by atoms with Gasteiger partial charge in [0.25, 0.3) is 0 Å². The molecule has 0 spiro atoms. The van der Waals surface area contributed by atoms with Gasteiger partial charge >= 0.3 is 0 Å². The third-order valence-corrected chi connectivity index (χ3v) is 1.53. The molecule has 0 N–H and O–H groups in total. The second-order valence-electron chi connectivity index (χ2n) is 3.67. The summed E-state index contributed by atoms with van der Waals surface area (Å²) < 4.78 is 1.85. The topological polar surface area (TPSA) is 30.7 Å². The van der Waals surface area contributed by atoms with Crippen LogP contribution in [0.3, 0.4) is 0 Å². The Morgan fingerprint density at radius 2 is 2.09 bits per heavy atom. The van der Waals surface area contributed by atoms with Crippen molar-refractivity contribution >= 4 is 0 Å². The summed E-state index contributed by atoms with van der Waals surface area (Å²) >= 11 is 0. The number of aryl methyl sites for hydroxylation is 1. The van der Waals surface area contributed by atoms with Crippen LogP contribution < -0.4 is 0 Å². The smallest absolute Gasteiger partial charge is 0.155 e. The highest BCUT2D eigenvalue weighted by Gasteiger charge is 2.17. The molecule has 1 aromatic rings. The van der Waals surface area contributed by atoms with E-state index < -0.39 is 0 Å². The molecule has 0 saturated heterocycles. The Bertz CT molecular complexity index is 232. The van der Waals surface area contributed by atoms with Crippen LogP contribution in [0, 0.1) is 0 Å². The summed E-state index contributed by atoms with van der Waals surface area (Å²) in [5, 5.41) is 4.31. The zero-order valence-electron chi connectivity index (χ0n) is 7.63. The van der Waals surface area contributed by atoms with Crippen molar-refractivity contribution in [3.05, 3.63) is 12.2 Å². The normalized spacial score (nSPS) is 12.0. The molecular formula is C8H15N3. The second-order valence-corrected chi connectivity index (χ2v) is 3.67. The van der Waals surface area contributed by atoms with E-state index in [1.54, 1.807) is 6.33 Å². The van der Waals surface area contributed by atoms with Crippen LogP contribution in [-0.4, -0.2) is 14.8 Å². The molecule has 0 unspecified atom stereocenters. The lowest BCUT2D eigenvalue weighted by Gasteiger charge is -2.12. The van der Waals surface area contributed by atoms with Crippen molar-refractivity contribution in [2.75, 3.05) is 0 Å². The molecule has 0 aliphatic rings. The van der Waals surface area contributed by atoms with E-state index in [9.17, 15) is 0 Å². The summed E-state index contributed by atoms with van der Waals surface area (Å²) in [6.07, 6.45) is 1.78. The largest absolute Gasteiger partial charge is 0.253 e. The minimum atomic E-state index is 0.0699. The van der Waals surface area contributed by atoms with Crippen LogP contribution in [0.2, 0.25) is 0 Å². The Labute approximate surface area is 67.4 Å². The maximum Gasteiger partial charge on any atom is 0.155 e. The van der Waals surface area contributed by atoms with Crippen LogP contribution in [0.15, 0.2) is 6.33 Å². The highest BCUT2D eigenvalue weighted by atomic mass is 15.3. The SMILES string of the molecule is CCn1cnc(C(C)(C)C)n1. The van der Waals surface area contributed by atoms with E-state index in [1.165, 1.54) is 0 Å². The van der Waals surface area contributed by atoms with Gasteiger partial charge in [-0.3, -0.25) is 4.68 Å². The first-order valence-corrected chi connectivity index (χ1v) is 3.94. The number of hydrogen-bond acceptors (Lipinski definition) is 2. The molecule has 0 radical (unpaired) electrons. The maximum absolute atomic E-state index is 4.31. The first-order valence-electron chi connectivity index (χ1n) is 3.94. The predicted octanol–water partition coefficient (Wildman–Crippen LogP) is 1.60. The van der Waals surface area contributed by atoms with Gasteiger partial charge in [0.2, 0.25) is 0 Å². The van der Waals surface area contributed by atoms with Gasteiger partial charge in [0, 0.05) is 12.0 Å². The monoisotopic (exact) mass is 153 g/mol. The quantitative estimate of drug-likeness (QED) is 0.613. The van der Waals surface area contributed by atoms with Gasteiger partial charge in [0.15, 0.2) is 5.82 Å². The highest BCUT2D eigenvalue weighted by Crippen LogP contribution is 2.16. The average molecular weight is 153 g/mol. The lowest BCUT2D eigenvalue weighted by atomic mass is 9.96. The first kappa shape index (κ1) is 8.24. The number of hydrogen-bond donors (Lipinski definition) is 0. The van der Waals surface area contributed by atoms with Crippen LogP contribution >= 0.6 is 0 Å². The maximum atomic E-state index is 4.31. The van der Waals surface area contributed by atoms with Gasteiger partial charge in [-0.05, 0) is 6.92 Å². The molecule has 1 aromatic heterocycles. The molecular weight excluding hydrogens is 138 g/mol. The molecule has 3 nitrogen and oxygen atoms in total. The molecule has 0 fully saturated rings. The Hall–Kier alpha value is -0.860. The third-order valence-electron chi connectivity index (χ3n) is 1.53. The van der Waals surface area contributed by atoms with Crippen LogP contribution in [0.5, 0.6) is 0 Å². The van der Waals surface area contributed by atoms with Gasteiger partial charge < -0.3 is 0 Å². The van der Waals surface area contributed by atoms with E-state index >= 15 is 0 Å². The Kier molecular flexibility index (Phi) is 1.98. The molecule has 0 aliphatic carbocycles. The highest BCUT2D eigenvalue weighted by molar-refractivity contribution is 4.98. The van der Waals surface area contributed by atoms with Gasteiger partial charge in [0.05, 0.1) is 0 Å². The van der Waals surface area contributed by atoms with Gasteiger partial charge in [-0.1, -0.05) is 20.8 Å². The van der Waals surface area contributed by atoms with Crippen molar-refractivity contribution in [2.24, 2.45) is 0 Å². The fraction of sp³-hybridized carbons (Fsp3) is 0.750. The average Bonchev–Trinajstić information content (AvgIpc) is 2.32. The Morgan fingerprint density at radius 3 is 2.36 bits per heavy atom. The van der Waals surface area contributed by atoms with Crippen molar-refractivity contribution in [3.8, 4) is 0 Å². The van der Waals surface area contributed by atoms with E-state index in [4.69, 9.17) is 0 Å². The molecule has 11 heavy (non-hydrogen) atoms. The molecule has 0 aromatic carbocycles. The zero-order chi connectivity index (χ0) is 8.48. The molecule has 3 heteroatoms. The van der Waals surface area contributed by atoms with Crippen LogP contribution in [0.1, 0.15) is 33.5 Å². The molecule has 0 saturated carbocycles. The molecule has 1 heterocycles. The Morgan fingerprint density at radius 1 is 1.45 bits per heavy atom. The first-order chi connectivity index (χ1) is 5.04. The van der Waals surface area contributed by atoms with Gasteiger partial charge in [-0.15, -0.1) is 0 Å². The summed E-state index contributed by atoms with van der Waals surface area (Å²) in [7, 11) is 0. The fourth-order valence-electron chi connectivity index (χ4n) is 0.791. The standard InChI is InChI=1S/C8H15N3/c1-5-11-6-9-7(10-11)8(2,3)4/h6H,5H2,1-4H3. The summed E-state index contributed by atoms with van der Waals surface area (Å²) in [5.74, 6) is 0.916. The number of rotatable bonds is 1. The van der Waals surface area contributed by atoms with E-state index in [-0.39, 0.29) is 5.41 Å². The molecule has 0 amide bonds. The Balaban J connectivity index is 2.89. The third kappa shape index (κ3) is 1.79. The van der Waals surface area contributed by atoms with E-state index in [1.807, 2.05) is 4.68 Å². The molecule has 0 aliphatic heterocycles. The van der Waals surface area contributed by atoms with Crippen LogP contribution in [-0.2, 0) is 12.0 Å². The fourth-order valence-corrected chi connectivity index (χ4v) is 0.791. The van der Waals surface area contributed by atoms with E-state index in [0.29, 0.717) is 0 Å². The van der Waals surface area contributed by atoms with Gasteiger partial charge in [-0.2, -0.15) is 5.10 Å². The number of nitrogens with zero attached hydrogens (tertiary/aromatic N) is 3.